The smallest absolute Gasteiger partial charge is 0.349 e. The first-order valence-corrected chi connectivity index (χ1v) is 6.54. The van der Waals surface area contributed by atoms with Gasteiger partial charge in [0.15, 0.2) is 5.13 Å². The van der Waals surface area contributed by atoms with Gasteiger partial charge in [0.2, 0.25) is 0 Å². The van der Waals surface area contributed by atoms with Crippen molar-refractivity contribution in [2.45, 2.75) is 33.2 Å². The molecule has 1 aromatic rings. The molecular weight excluding hydrogens is 236 g/mol. The van der Waals surface area contributed by atoms with Crippen molar-refractivity contribution in [1.82, 2.24) is 4.98 Å². The van der Waals surface area contributed by atoms with E-state index in [2.05, 4.69) is 35.4 Å². The van der Waals surface area contributed by atoms with Crippen LogP contribution in [0.4, 0.5) is 5.13 Å². The molecule has 17 heavy (non-hydrogen) atoms. The van der Waals surface area contributed by atoms with E-state index in [0.29, 0.717) is 16.8 Å². The minimum Gasteiger partial charge on any atom is -0.465 e. The lowest BCUT2D eigenvalue weighted by Crippen LogP contribution is -2.29. The quantitative estimate of drug-likeness (QED) is 0.760. The highest BCUT2D eigenvalue weighted by Gasteiger charge is 2.17. The van der Waals surface area contributed by atoms with Crippen LogP contribution < -0.4 is 4.90 Å². The fourth-order valence-electron chi connectivity index (χ4n) is 1.65. The van der Waals surface area contributed by atoms with Gasteiger partial charge in [-0.2, -0.15) is 0 Å². The Balaban J connectivity index is 2.72. The van der Waals surface area contributed by atoms with E-state index in [1.165, 1.54) is 18.4 Å². The van der Waals surface area contributed by atoms with Gasteiger partial charge in [0.25, 0.3) is 0 Å². The Morgan fingerprint density at radius 1 is 1.53 bits per heavy atom. The molecule has 0 aromatic carbocycles. The maximum absolute atomic E-state index is 11.3. The van der Waals surface area contributed by atoms with Crippen molar-refractivity contribution in [3.8, 4) is 0 Å². The predicted octanol–water partition coefficient (Wildman–Crippen LogP) is 2.80. The van der Waals surface area contributed by atoms with Crippen LogP contribution in [0.25, 0.3) is 0 Å². The van der Waals surface area contributed by atoms with Gasteiger partial charge < -0.3 is 9.64 Å². The maximum atomic E-state index is 11.3. The molecule has 0 fully saturated rings. The van der Waals surface area contributed by atoms with Crippen molar-refractivity contribution in [1.29, 1.82) is 0 Å². The van der Waals surface area contributed by atoms with Gasteiger partial charge in [-0.25, -0.2) is 9.78 Å². The van der Waals surface area contributed by atoms with E-state index < -0.39 is 0 Å². The highest BCUT2D eigenvalue weighted by atomic mass is 32.1. The zero-order valence-corrected chi connectivity index (χ0v) is 11.9. The molecule has 4 nitrogen and oxygen atoms in total. The molecule has 0 spiro atoms. The lowest BCUT2D eigenvalue weighted by atomic mass is 10.0. The Morgan fingerprint density at radius 2 is 2.18 bits per heavy atom. The second kappa shape index (κ2) is 6.00. The van der Waals surface area contributed by atoms with Crippen LogP contribution in [0.1, 0.15) is 36.9 Å². The molecule has 0 N–H and O–H groups in total. The van der Waals surface area contributed by atoms with E-state index in [9.17, 15) is 4.79 Å². The molecule has 0 radical (unpaired) electrons. The van der Waals surface area contributed by atoms with Gasteiger partial charge in [-0.15, -0.1) is 0 Å². The summed E-state index contributed by atoms with van der Waals surface area (Å²) in [7, 11) is 3.39. The summed E-state index contributed by atoms with van der Waals surface area (Å²) in [6, 6.07) is 0.409. The van der Waals surface area contributed by atoms with Crippen LogP contribution in [0.5, 0.6) is 0 Å². The molecule has 0 aliphatic heterocycles. The van der Waals surface area contributed by atoms with Crippen LogP contribution in [-0.2, 0) is 4.74 Å². The Kier molecular flexibility index (Phi) is 4.93. The minimum atomic E-state index is -0.321. The summed E-state index contributed by atoms with van der Waals surface area (Å²) in [5, 5.41) is 0.860. The third-order valence-corrected chi connectivity index (χ3v) is 3.72. The Morgan fingerprint density at radius 3 is 2.71 bits per heavy atom. The Bertz CT molecular complexity index is 376. The zero-order chi connectivity index (χ0) is 13.0. The van der Waals surface area contributed by atoms with E-state index in [0.717, 1.165) is 11.6 Å². The maximum Gasteiger partial charge on any atom is 0.349 e. The molecule has 1 rings (SSSR count). The number of anilines is 1. The van der Waals surface area contributed by atoms with Gasteiger partial charge in [0, 0.05) is 13.1 Å². The summed E-state index contributed by atoms with van der Waals surface area (Å²) in [6.45, 7) is 6.57. The van der Waals surface area contributed by atoms with Crippen molar-refractivity contribution in [2.75, 3.05) is 19.1 Å². The average Bonchev–Trinajstić information content (AvgIpc) is 2.75. The fraction of sp³-hybridized carbons (Fsp3) is 0.667. The number of carbonyl (C=O) groups excluding carboxylic acids is 1. The molecule has 1 unspecified atom stereocenters. The van der Waals surface area contributed by atoms with Gasteiger partial charge in [-0.1, -0.05) is 25.2 Å². The Labute approximate surface area is 107 Å². The fourth-order valence-corrected chi connectivity index (χ4v) is 2.55. The number of thiazole rings is 1. The molecule has 0 amide bonds. The number of hydrogen-bond donors (Lipinski definition) is 0. The van der Waals surface area contributed by atoms with Gasteiger partial charge in [-0.3, -0.25) is 0 Å². The summed E-state index contributed by atoms with van der Waals surface area (Å²) in [6.07, 6.45) is 2.67. The number of carbonyl (C=O) groups is 1. The van der Waals surface area contributed by atoms with Crippen LogP contribution in [0.2, 0.25) is 0 Å². The summed E-state index contributed by atoms with van der Waals surface area (Å²) < 4.78 is 4.67. The lowest BCUT2D eigenvalue weighted by Gasteiger charge is -2.25. The molecule has 0 saturated carbocycles. The molecule has 96 valence electrons. The topological polar surface area (TPSA) is 42.4 Å². The van der Waals surface area contributed by atoms with E-state index in [-0.39, 0.29) is 5.97 Å². The monoisotopic (exact) mass is 256 g/mol. The number of hydrogen-bond acceptors (Lipinski definition) is 5. The average molecular weight is 256 g/mol. The molecule has 1 aromatic heterocycles. The molecule has 1 heterocycles. The first kappa shape index (κ1) is 14.0. The van der Waals surface area contributed by atoms with Crippen LogP contribution in [0.15, 0.2) is 6.20 Å². The first-order valence-electron chi connectivity index (χ1n) is 5.72. The van der Waals surface area contributed by atoms with Crippen LogP contribution in [0.3, 0.4) is 0 Å². The van der Waals surface area contributed by atoms with Crippen LogP contribution >= 0.6 is 11.3 Å². The normalized spacial score (nSPS) is 12.6. The van der Waals surface area contributed by atoms with Crippen molar-refractivity contribution in [3.05, 3.63) is 11.1 Å². The van der Waals surface area contributed by atoms with Crippen molar-refractivity contribution in [2.24, 2.45) is 5.92 Å². The van der Waals surface area contributed by atoms with Crippen molar-refractivity contribution in [3.63, 3.8) is 0 Å². The van der Waals surface area contributed by atoms with E-state index in [1.54, 1.807) is 6.20 Å². The van der Waals surface area contributed by atoms with E-state index in [4.69, 9.17) is 0 Å². The summed E-state index contributed by atoms with van der Waals surface area (Å²) in [5.74, 6) is 0.325. The predicted molar refractivity (Wildman–Crippen MR) is 70.8 cm³/mol. The van der Waals surface area contributed by atoms with Gasteiger partial charge in [0.05, 0.1) is 13.3 Å². The molecule has 0 bridgehead atoms. The van der Waals surface area contributed by atoms with Crippen LogP contribution in [-0.4, -0.2) is 31.2 Å². The van der Waals surface area contributed by atoms with Gasteiger partial charge in [-0.05, 0) is 19.3 Å². The van der Waals surface area contributed by atoms with E-state index >= 15 is 0 Å². The van der Waals surface area contributed by atoms with Crippen LogP contribution in [0, 0.1) is 5.92 Å². The lowest BCUT2D eigenvalue weighted by molar-refractivity contribution is 0.0606. The number of ether oxygens (including phenoxy) is 1. The highest BCUT2D eigenvalue weighted by molar-refractivity contribution is 7.17. The Hall–Kier alpha value is -1.10. The number of nitrogens with zero attached hydrogens (tertiary/aromatic N) is 2. The zero-order valence-electron chi connectivity index (χ0n) is 11.1. The molecule has 1 atom stereocenters. The van der Waals surface area contributed by atoms with Gasteiger partial charge in [0.1, 0.15) is 4.88 Å². The molecule has 5 heteroatoms. The van der Waals surface area contributed by atoms with Crippen molar-refractivity contribution >= 4 is 22.4 Å². The SMILES string of the molecule is COC(=O)c1cnc(N(C)C(C)CC(C)C)s1. The highest BCUT2D eigenvalue weighted by Crippen LogP contribution is 2.25. The second-order valence-electron chi connectivity index (χ2n) is 4.59. The summed E-state index contributed by atoms with van der Waals surface area (Å²) in [4.78, 5) is 18.2. The molecular formula is C12H20N2O2S. The largest absolute Gasteiger partial charge is 0.465 e. The summed E-state index contributed by atoms with van der Waals surface area (Å²) >= 11 is 1.37. The standard InChI is InChI=1S/C12H20N2O2S/c1-8(2)6-9(3)14(4)12-13-7-10(17-12)11(15)16-5/h7-9H,6H2,1-5H3. The van der Waals surface area contributed by atoms with E-state index in [1.807, 2.05) is 7.05 Å². The second-order valence-corrected chi connectivity index (χ2v) is 5.60. The number of methoxy groups -OCH3 is 1. The third kappa shape index (κ3) is 3.70. The van der Waals surface area contributed by atoms with Gasteiger partial charge >= 0.3 is 5.97 Å². The molecule has 0 aliphatic rings. The number of aromatic nitrogens is 1. The minimum absolute atomic E-state index is 0.321. The summed E-state index contributed by atoms with van der Waals surface area (Å²) in [5.41, 5.74) is 0. The number of rotatable bonds is 5. The third-order valence-electron chi connectivity index (χ3n) is 2.66. The molecule has 0 saturated heterocycles. The molecule has 0 aliphatic carbocycles. The van der Waals surface area contributed by atoms with Crippen molar-refractivity contribution < 1.29 is 9.53 Å². The number of esters is 1. The first-order chi connectivity index (χ1) is 7.95.